The van der Waals surface area contributed by atoms with Gasteiger partial charge in [0.15, 0.2) is 0 Å². The lowest BCUT2D eigenvalue weighted by Crippen LogP contribution is -2.13. The Morgan fingerprint density at radius 1 is 1.13 bits per heavy atom. The molecule has 0 bridgehead atoms. The van der Waals surface area contributed by atoms with E-state index in [4.69, 9.17) is 9.47 Å². The Morgan fingerprint density at radius 3 is 2.57 bits per heavy atom. The largest absolute Gasteiger partial charge is 0.497 e. The third kappa shape index (κ3) is 5.02. The molecule has 0 spiro atoms. The van der Waals surface area contributed by atoms with E-state index in [1.54, 1.807) is 13.2 Å². The molecule has 0 heterocycles. The highest BCUT2D eigenvalue weighted by molar-refractivity contribution is 5.76. The molecule has 0 fully saturated rings. The molecule has 0 saturated carbocycles. The monoisotopic (exact) mass is 314 g/mol. The third-order valence-corrected chi connectivity index (χ3v) is 3.69. The zero-order valence-corrected chi connectivity index (χ0v) is 13.5. The van der Waals surface area contributed by atoms with Crippen molar-refractivity contribution in [2.24, 2.45) is 0 Å². The fourth-order valence-electron chi connectivity index (χ4n) is 2.47. The van der Waals surface area contributed by atoms with Crippen LogP contribution in [0.3, 0.4) is 0 Å². The number of hydrogen-bond acceptors (Lipinski definition) is 3. The zero-order chi connectivity index (χ0) is 16.7. The highest BCUT2D eigenvalue weighted by atomic mass is 16.5. The zero-order valence-electron chi connectivity index (χ0n) is 13.5. The van der Waals surface area contributed by atoms with E-state index in [1.165, 1.54) is 0 Å². The second-order valence-corrected chi connectivity index (χ2v) is 5.47. The molecule has 2 aromatic rings. The number of aryl methyl sites for hydroxylation is 1. The molecule has 0 aliphatic rings. The van der Waals surface area contributed by atoms with Crippen molar-refractivity contribution in [2.45, 2.75) is 25.7 Å². The van der Waals surface area contributed by atoms with Crippen molar-refractivity contribution < 1.29 is 19.4 Å². The van der Waals surface area contributed by atoms with E-state index in [1.807, 2.05) is 49.4 Å². The number of carboxylic acid groups (broad SMARTS) is 1. The molecule has 0 radical (unpaired) electrons. The van der Waals surface area contributed by atoms with Crippen LogP contribution in [0, 0.1) is 6.92 Å². The van der Waals surface area contributed by atoms with Gasteiger partial charge < -0.3 is 14.6 Å². The predicted molar refractivity (Wildman–Crippen MR) is 89.3 cm³/mol. The molecule has 122 valence electrons. The lowest BCUT2D eigenvalue weighted by atomic mass is 9.94. The van der Waals surface area contributed by atoms with Gasteiger partial charge in [0.1, 0.15) is 11.5 Å². The van der Waals surface area contributed by atoms with Gasteiger partial charge in [0.05, 0.1) is 19.6 Å². The van der Waals surface area contributed by atoms with Crippen molar-refractivity contribution in [3.05, 3.63) is 59.7 Å². The smallest absolute Gasteiger partial charge is 0.310 e. The Bertz CT molecular complexity index is 651. The third-order valence-electron chi connectivity index (χ3n) is 3.69. The van der Waals surface area contributed by atoms with Crippen LogP contribution in [0.5, 0.6) is 11.5 Å². The maximum Gasteiger partial charge on any atom is 0.310 e. The van der Waals surface area contributed by atoms with Crippen molar-refractivity contribution in [3.8, 4) is 11.5 Å². The molecule has 0 aromatic heterocycles. The molecule has 1 atom stereocenters. The number of aliphatic carboxylic acids is 1. The van der Waals surface area contributed by atoms with Crippen LogP contribution >= 0.6 is 0 Å². The summed E-state index contributed by atoms with van der Waals surface area (Å²) in [6.07, 6.45) is 1.19. The van der Waals surface area contributed by atoms with E-state index in [2.05, 4.69) is 0 Å². The Kier molecular flexibility index (Phi) is 6.03. The van der Waals surface area contributed by atoms with Gasteiger partial charge in [-0.2, -0.15) is 0 Å². The summed E-state index contributed by atoms with van der Waals surface area (Å²) < 4.78 is 10.8. The second-order valence-electron chi connectivity index (χ2n) is 5.47. The van der Waals surface area contributed by atoms with Crippen LogP contribution in [0.15, 0.2) is 48.5 Å². The Morgan fingerprint density at radius 2 is 1.87 bits per heavy atom. The van der Waals surface area contributed by atoms with Crippen molar-refractivity contribution in [1.29, 1.82) is 0 Å². The lowest BCUT2D eigenvalue weighted by Gasteiger charge is -2.14. The van der Waals surface area contributed by atoms with Gasteiger partial charge in [-0.3, -0.25) is 4.79 Å². The quantitative estimate of drug-likeness (QED) is 0.747. The number of methoxy groups -OCH3 is 1. The Balaban J connectivity index is 1.91. The SMILES string of the molecule is COc1cccc(C(CCCOc2cccc(C)c2)C(=O)O)c1. The standard InChI is InChI=1S/C19H22O4/c1-14-6-3-9-17(12-14)23-11-5-10-18(19(20)21)15-7-4-8-16(13-15)22-2/h3-4,6-9,12-13,18H,5,10-11H2,1-2H3,(H,20,21). The number of rotatable bonds is 8. The molecule has 1 N–H and O–H groups in total. The van der Waals surface area contributed by atoms with Gasteiger partial charge in [-0.1, -0.05) is 24.3 Å². The van der Waals surface area contributed by atoms with Gasteiger partial charge in [0.25, 0.3) is 0 Å². The number of ether oxygens (including phenoxy) is 2. The number of hydrogen-bond donors (Lipinski definition) is 1. The maximum atomic E-state index is 11.5. The van der Waals surface area contributed by atoms with Crippen LogP contribution in [-0.4, -0.2) is 24.8 Å². The van der Waals surface area contributed by atoms with Crippen LogP contribution < -0.4 is 9.47 Å². The van der Waals surface area contributed by atoms with Crippen LogP contribution in [0.25, 0.3) is 0 Å². The summed E-state index contributed by atoms with van der Waals surface area (Å²) in [7, 11) is 1.57. The van der Waals surface area contributed by atoms with E-state index in [9.17, 15) is 9.90 Å². The second kappa shape index (κ2) is 8.22. The minimum atomic E-state index is -0.825. The number of carboxylic acids is 1. The van der Waals surface area contributed by atoms with Crippen LogP contribution in [-0.2, 0) is 4.79 Å². The van der Waals surface area contributed by atoms with Crippen LogP contribution in [0.4, 0.5) is 0 Å². The summed E-state index contributed by atoms with van der Waals surface area (Å²) in [6.45, 7) is 2.51. The average Bonchev–Trinajstić information content (AvgIpc) is 2.54. The van der Waals surface area contributed by atoms with E-state index in [0.29, 0.717) is 25.2 Å². The number of benzene rings is 2. The lowest BCUT2D eigenvalue weighted by molar-refractivity contribution is -0.139. The molecule has 0 amide bonds. The summed E-state index contributed by atoms with van der Waals surface area (Å²) in [5.74, 6) is 0.114. The fourth-order valence-corrected chi connectivity index (χ4v) is 2.47. The summed E-state index contributed by atoms with van der Waals surface area (Å²) >= 11 is 0. The first-order valence-electron chi connectivity index (χ1n) is 7.66. The molecular weight excluding hydrogens is 292 g/mol. The van der Waals surface area contributed by atoms with Crippen molar-refractivity contribution in [1.82, 2.24) is 0 Å². The van der Waals surface area contributed by atoms with Crippen LogP contribution in [0.2, 0.25) is 0 Å². The molecular formula is C19H22O4. The van der Waals surface area contributed by atoms with Gasteiger partial charge in [-0.15, -0.1) is 0 Å². The minimum Gasteiger partial charge on any atom is -0.497 e. The van der Waals surface area contributed by atoms with Gasteiger partial charge in [-0.05, 0) is 55.2 Å². The van der Waals surface area contributed by atoms with Crippen molar-refractivity contribution in [2.75, 3.05) is 13.7 Å². The first kappa shape index (κ1) is 16.9. The summed E-state index contributed by atoms with van der Waals surface area (Å²) in [5.41, 5.74) is 1.90. The summed E-state index contributed by atoms with van der Waals surface area (Å²) in [6, 6.07) is 15.1. The minimum absolute atomic E-state index is 0.497. The van der Waals surface area contributed by atoms with Crippen molar-refractivity contribution >= 4 is 5.97 Å². The molecule has 23 heavy (non-hydrogen) atoms. The topological polar surface area (TPSA) is 55.8 Å². The normalized spacial score (nSPS) is 11.7. The molecule has 4 nitrogen and oxygen atoms in total. The fraction of sp³-hybridized carbons (Fsp3) is 0.316. The average molecular weight is 314 g/mol. The first-order valence-corrected chi connectivity index (χ1v) is 7.66. The maximum absolute atomic E-state index is 11.5. The van der Waals surface area contributed by atoms with Crippen molar-refractivity contribution in [3.63, 3.8) is 0 Å². The van der Waals surface area contributed by atoms with Gasteiger partial charge in [0, 0.05) is 0 Å². The molecule has 0 aliphatic heterocycles. The molecule has 2 rings (SSSR count). The predicted octanol–water partition coefficient (Wildman–Crippen LogP) is 4.03. The highest BCUT2D eigenvalue weighted by Crippen LogP contribution is 2.25. The summed E-state index contributed by atoms with van der Waals surface area (Å²) in [5, 5.41) is 9.46. The summed E-state index contributed by atoms with van der Waals surface area (Å²) in [4.78, 5) is 11.5. The van der Waals surface area contributed by atoms with E-state index in [0.717, 1.165) is 16.9 Å². The van der Waals surface area contributed by atoms with Gasteiger partial charge >= 0.3 is 5.97 Å². The molecule has 0 saturated heterocycles. The highest BCUT2D eigenvalue weighted by Gasteiger charge is 2.19. The van der Waals surface area contributed by atoms with E-state index < -0.39 is 11.9 Å². The van der Waals surface area contributed by atoms with Gasteiger partial charge in [0.2, 0.25) is 0 Å². The van der Waals surface area contributed by atoms with Gasteiger partial charge in [-0.25, -0.2) is 0 Å². The van der Waals surface area contributed by atoms with E-state index >= 15 is 0 Å². The molecule has 2 aromatic carbocycles. The van der Waals surface area contributed by atoms with Crippen LogP contribution in [0.1, 0.15) is 29.9 Å². The molecule has 0 aliphatic carbocycles. The number of carbonyl (C=O) groups is 1. The first-order chi connectivity index (χ1) is 11.1. The molecule has 4 heteroatoms. The Labute approximate surface area is 136 Å². The Hall–Kier alpha value is -2.49. The van der Waals surface area contributed by atoms with E-state index in [-0.39, 0.29) is 0 Å². The molecule has 1 unspecified atom stereocenters.